The summed E-state index contributed by atoms with van der Waals surface area (Å²) in [6, 6.07) is 7.22. The lowest BCUT2D eigenvalue weighted by Gasteiger charge is -2.10. The summed E-state index contributed by atoms with van der Waals surface area (Å²) in [7, 11) is 0. The van der Waals surface area contributed by atoms with Gasteiger partial charge in [0, 0.05) is 6.42 Å². The molecule has 0 amide bonds. The molecule has 0 aliphatic heterocycles. The molecule has 0 spiro atoms. The van der Waals surface area contributed by atoms with Crippen LogP contribution in [0.5, 0.6) is 0 Å². The zero-order valence-corrected chi connectivity index (χ0v) is 8.26. The van der Waals surface area contributed by atoms with Crippen molar-refractivity contribution in [3.8, 4) is 0 Å². The van der Waals surface area contributed by atoms with E-state index < -0.39 is 5.92 Å². The van der Waals surface area contributed by atoms with Gasteiger partial charge in [-0.15, -0.1) is 0 Å². The quantitative estimate of drug-likeness (QED) is 0.791. The molecule has 3 heteroatoms. The largest absolute Gasteiger partial charge is 0.330 e. The molecule has 1 rings (SSSR count). The van der Waals surface area contributed by atoms with Crippen molar-refractivity contribution in [3.05, 3.63) is 35.4 Å². The van der Waals surface area contributed by atoms with E-state index in [0.717, 1.165) is 18.9 Å². The average molecular weight is 199 g/mol. The molecule has 0 fully saturated rings. The molecule has 14 heavy (non-hydrogen) atoms. The Hall–Kier alpha value is -0.960. The fourth-order valence-corrected chi connectivity index (χ4v) is 1.42. The molecule has 0 aromatic heterocycles. The molecule has 0 heterocycles. The van der Waals surface area contributed by atoms with Crippen LogP contribution in [0.2, 0.25) is 0 Å². The van der Waals surface area contributed by atoms with Crippen molar-refractivity contribution >= 4 is 0 Å². The maximum atomic E-state index is 12.7. The number of benzene rings is 1. The number of hydrogen-bond acceptors (Lipinski definition) is 1. The Kier molecular flexibility index (Phi) is 3.58. The summed E-state index contributed by atoms with van der Waals surface area (Å²) in [6.07, 6.45) is 0.536. The van der Waals surface area contributed by atoms with Crippen molar-refractivity contribution < 1.29 is 8.78 Å². The van der Waals surface area contributed by atoms with Crippen LogP contribution < -0.4 is 5.73 Å². The van der Waals surface area contributed by atoms with E-state index in [4.69, 9.17) is 5.73 Å². The van der Waals surface area contributed by atoms with Crippen LogP contribution in [-0.4, -0.2) is 12.5 Å². The molecule has 0 aliphatic rings. The van der Waals surface area contributed by atoms with Crippen LogP contribution in [-0.2, 0) is 12.8 Å². The summed E-state index contributed by atoms with van der Waals surface area (Å²) in [5.41, 5.74) is 7.08. The highest BCUT2D eigenvalue weighted by atomic mass is 19.3. The van der Waals surface area contributed by atoms with Gasteiger partial charge in [-0.05, 0) is 31.0 Å². The van der Waals surface area contributed by atoms with E-state index in [0.29, 0.717) is 12.1 Å². The second-order valence-electron chi connectivity index (χ2n) is 3.61. The predicted octanol–water partition coefficient (Wildman–Crippen LogP) is 2.39. The standard InChI is InChI=1S/C11H15F2N/c1-11(12,13)8-10-4-2-3-9(7-10)5-6-14/h2-4,7H,5-6,8,14H2,1H3. The third-order valence-electron chi connectivity index (χ3n) is 1.94. The van der Waals surface area contributed by atoms with E-state index in [1.807, 2.05) is 6.07 Å². The van der Waals surface area contributed by atoms with Gasteiger partial charge < -0.3 is 5.73 Å². The van der Waals surface area contributed by atoms with Gasteiger partial charge in [0.05, 0.1) is 0 Å². The Morgan fingerprint density at radius 3 is 2.50 bits per heavy atom. The fraction of sp³-hybridized carbons (Fsp3) is 0.455. The molecular weight excluding hydrogens is 184 g/mol. The van der Waals surface area contributed by atoms with E-state index in [1.165, 1.54) is 0 Å². The van der Waals surface area contributed by atoms with E-state index in [1.54, 1.807) is 18.2 Å². The Morgan fingerprint density at radius 1 is 1.29 bits per heavy atom. The number of alkyl halides is 2. The zero-order valence-electron chi connectivity index (χ0n) is 8.26. The lowest BCUT2D eigenvalue weighted by Crippen LogP contribution is -2.13. The van der Waals surface area contributed by atoms with E-state index >= 15 is 0 Å². The summed E-state index contributed by atoms with van der Waals surface area (Å²) < 4.78 is 25.4. The molecule has 0 unspecified atom stereocenters. The normalized spacial score (nSPS) is 11.7. The predicted molar refractivity (Wildman–Crippen MR) is 53.5 cm³/mol. The Morgan fingerprint density at radius 2 is 1.93 bits per heavy atom. The molecule has 2 N–H and O–H groups in total. The molecule has 0 radical (unpaired) electrons. The first kappa shape index (κ1) is 11.1. The molecule has 0 aliphatic carbocycles. The molecule has 0 saturated carbocycles. The maximum Gasteiger partial charge on any atom is 0.249 e. The van der Waals surface area contributed by atoms with Crippen LogP contribution in [0.15, 0.2) is 24.3 Å². The first-order chi connectivity index (χ1) is 6.51. The minimum atomic E-state index is -2.64. The highest BCUT2D eigenvalue weighted by Gasteiger charge is 2.21. The van der Waals surface area contributed by atoms with Crippen LogP contribution in [0.3, 0.4) is 0 Å². The van der Waals surface area contributed by atoms with Gasteiger partial charge in [0.1, 0.15) is 0 Å². The molecule has 0 bridgehead atoms. The first-order valence-corrected chi connectivity index (χ1v) is 4.67. The summed E-state index contributed by atoms with van der Waals surface area (Å²) in [5, 5.41) is 0. The van der Waals surface area contributed by atoms with Crippen molar-refractivity contribution in [2.24, 2.45) is 5.73 Å². The van der Waals surface area contributed by atoms with Gasteiger partial charge in [0.2, 0.25) is 5.92 Å². The molecule has 78 valence electrons. The second kappa shape index (κ2) is 4.51. The molecule has 1 aromatic carbocycles. The molecule has 1 nitrogen and oxygen atoms in total. The number of hydrogen-bond donors (Lipinski definition) is 1. The minimum absolute atomic E-state index is 0.203. The van der Waals surface area contributed by atoms with Crippen LogP contribution in [0, 0.1) is 0 Å². The molecule has 1 aromatic rings. The van der Waals surface area contributed by atoms with Crippen LogP contribution in [0.4, 0.5) is 8.78 Å². The van der Waals surface area contributed by atoms with Gasteiger partial charge >= 0.3 is 0 Å². The fourth-order valence-electron chi connectivity index (χ4n) is 1.42. The number of rotatable bonds is 4. The van der Waals surface area contributed by atoms with E-state index in [2.05, 4.69) is 0 Å². The van der Waals surface area contributed by atoms with E-state index in [9.17, 15) is 8.78 Å². The Bertz CT molecular complexity index is 292. The van der Waals surface area contributed by atoms with Gasteiger partial charge in [0.15, 0.2) is 0 Å². The summed E-state index contributed by atoms with van der Waals surface area (Å²) in [4.78, 5) is 0. The van der Waals surface area contributed by atoms with Crippen molar-refractivity contribution in [3.63, 3.8) is 0 Å². The van der Waals surface area contributed by atoms with Crippen molar-refractivity contribution in [1.29, 1.82) is 0 Å². The smallest absolute Gasteiger partial charge is 0.249 e. The number of nitrogens with two attached hydrogens (primary N) is 1. The van der Waals surface area contributed by atoms with E-state index in [-0.39, 0.29) is 6.42 Å². The van der Waals surface area contributed by atoms with Gasteiger partial charge in [0.25, 0.3) is 0 Å². The monoisotopic (exact) mass is 199 g/mol. The Labute approximate surface area is 82.9 Å². The maximum absolute atomic E-state index is 12.7. The van der Waals surface area contributed by atoms with Gasteiger partial charge in [-0.3, -0.25) is 0 Å². The third kappa shape index (κ3) is 3.83. The lowest BCUT2D eigenvalue weighted by molar-refractivity contribution is 0.0226. The van der Waals surface area contributed by atoms with Crippen LogP contribution >= 0.6 is 0 Å². The second-order valence-corrected chi connectivity index (χ2v) is 3.61. The topological polar surface area (TPSA) is 26.0 Å². The van der Waals surface area contributed by atoms with Crippen LogP contribution in [0.1, 0.15) is 18.1 Å². The van der Waals surface area contributed by atoms with Gasteiger partial charge in [-0.1, -0.05) is 24.3 Å². The number of halogens is 2. The van der Waals surface area contributed by atoms with Crippen LogP contribution in [0.25, 0.3) is 0 Å². The molecular formula is C11H15F2N. The van der Waals surface area contributed by atoms with Gasteiger partial charge in [-0.25, -0.2) is 8.78 Å². The molecule has 0 atom stereocenters. The molecule has 0 saturated heterocycles. The van der Waals surface area contributed by atoms with Gasteiger partial charge in [-0.2, -0.15) is 0 Å². The average Bonchev–Trinajstić information content (AvgIpc) is 2.02. The van der Waals surface area contributed by atoms with Crippen molar-refractivity contribution in [1.82, 2.24) is 0 Å². The third-order valence-corrected chi connectivity index (χ3v) is 1.94. The zero-order chi connectivity index (χ0) is 10.6. The first-order valence-electron chi connectivity index (χ1n) is 4.67. The highest BCUT2D eigenvalue weighted by Crippen LogP contribution is 2.19. The highest BCUT2D eigenvalue weighted by molar-refractivity contribution is 5.24. The van der Waals surface area contributed by atoms with Crippen molar-refractivity contribution in [2.45, 2.75) is 25.7 Å². The lowest BCUT2D eigenvalue weighted by atomic mass is 10.0. The minimum Gasteiger partial charge on any atom is -0.330 e. The van der Waals surface area contributed by atoms with Crippen molar-refractivity contribution in [2.75, 3.05) is 6.54 Å². The SMILES string of the molecule is CC(F)(F)Cc1cccc(CCN)c1. The Balaban J connectivity index is 2.73. The summed E-state index contributed by atoms with van der Waals surface area (Å²) in [5.74, 6) is -2.64. The summed E-state index contributed by atoms with van der Waals surface area (Å²) >= 11 is 0. The summed E-state index contributed by atoms with van der Waals surface area (Å²) in [6.45, 7) is 1.48.